The van der Waals surface area contributed by atoms with E-state index in [0.29, 0.717) is 0 Å². The highest BCUT2D eigenvalue weighted by Crippen LogP contribution is 2.21. The molecule has 0 radical (unpaired) electrons. The number of nitrogens with zero attached hydrogens (tertiary/aromatic N) is 7. The summed E-state index contributed by atoms with van der Waals surface area (Å²) < 4.78 is 5.10. The monoisotopic (exact) mass is 753 g/mol. The van der Waals surface area contributed by atoms with Crippen LogP contribution in [0.2, 0.25) is 0 Å². The second-order valence-electron chi connectivity index (χ2n) is 17.6. The summed E-state index contributed by atoms with van der Waals surface area (Å²) in [5.41, 5.74) is 0. The Hall–Kier alpha value is -0.360. The maximum Gasteiger partial charge on any atom is 0.0594 e. The molecule has 0 aromatic carbocycles. The van der Waals surface area contributed by atoms with Gasteiger partial charge in [-0.1, -0.05) is 48.0 Å². The number of piperazine rings is 2. The molecule has 9 heteroatoms. The normalized spacial score (nSPS) is 28.6. The average Bonchev–Trinajstić information content (AvgIpc) is 3.47. The molecule has 2 unspecified atom stereocenters. The molecule has 1 N–H and O–H groups in total. The minimum Gasteiger partial charge on any atom is -0.379 e. The van der Waals surface area contributed by atoms with Crippen molar-refractivity contribution in [3.8, 4) is 0 Å². The van der Waals surface area contributed by atoms with Crippen LogP contribution < -0.4 is 5.32 Å². The Labute approximate surface area is 332 Å². The van der Waals surface area contributed by atoms with Crippen molar-refractivity contribution in [2.75, 3.05) is 153 Å². The molecule has 318 valence electrons. The van der Waals surface area contributed by atoms with E-state index in [4.69, 9.17) is 4.74 Å². The van der Waals surface area contributed by atoms with Gasteiger partial charge in [0.15, 0.2) is 0 Å². The largest absolute Gasteiger partial charge is 0.379 e. The van der Waals surface area contributed by atoms with Gasteiger partial charge in [-0.05, 0) is 164 Å². The summed E-state index contributed by atoms with van der Waals surface area (Å²) in [5, 5.41) is 3.32. The number of likely N-dealkylation sites (N-methyl/N-ethyl adjacent to an activating group) is 3. The zero-order valence-electron chi connectivity index (χ0n) is 35.3. The van der Waals surface area contributed by atoms with E-state index in [0.717, 1.165) is 50.2 Å². The van der Waals surface area contributed by atoms with Gasteiger partial charge in [0.1, 0.15) is 0 Å². The van der Waals surface area contributed by atoms with Gasteiger partial charge in [0.05, 0.1) is 13.2 Å². The number of hydrogen-bond donors (Lipinski definition) is 1. The Kier molecular flexibility index (Phi) is 29.4. The zero-order valence-corrected chi connectivity index (χ0v) is 35.3. The van der Waals surface area contributed by atoms with Gasteiger partial charge >= 0.3 is 0 Å². The Morgan fingerprint density at radius 1 is 0.396 bits per heavy atom. The lowest BCUT2D eigenvalue weighted by atomic mass is 10.00. The van der Waals surface area contributed by atoms with Crippen LogP contribution in [-0.4, -0.2) is 200 Å². The molecule has 53 heavy (non-hydrogen) atoms. The van der Waals surface area contributed by atoms with Crippen molar-refractivity contribution in [1.29, 1.82) is 0 Å². The van der Waals surface area contributed by atoms with Gasteiger partial charge in [-0.15, -0.1) is 0 Å². The lowest BCUT2D eigenvalue weighted by Gasteiger charge is -2.42. The molecule has 0 spiro atoms. The van der Waals surface area contributed by atoms with Crippen molar-refractivity contribution >= 4 is 0 Å². The molecule has 8 saturated heterocycles. The molecule has 0 aromatic rings. The highest BCUT2D eigenvalue weighted by atomic mass is 16.5. The van der Waals surface area contributed by atoms with E-state index < -0.39 is 0 Å². The molecule has 0 bridgehead atoms. The Balaban J connectivity index is 0.000000318. The number of morpholine rings is 1. The average molecular weight is 753 g/mol. The second-order valence-corrected chi connectivity index (χ2v) is 17.6. The van der Waals surface area contributed by atoms with Gasteiger partial charge in [0.25, 0.3) is 0 Å². The molecule has 0 aromatic heterocycles. The quantitative estimate of drug-likeness (QED) is 0.310. The Morgan fingerprint density at radius 3 is 1.28 bits per heavy atom. The Morgan fingerprint density at radius 2 is 0.830 bits per heavy atom. The number of fused-ring (bicyclic) bond motifs is 2. The van der Waals surface area contributed by atoms with Gasteiger partial charge in [-0.3, -0.25) is 9.80 Å². The molecule has 8 aliphatic heterocycles. The van der Waals surface area contributed by atoms with Crippen LogP contribution in [0.3, 0.4) is 0 Å². The first kappa shape index (κ1) is 50.7. The molecule has 8 fully saturated rings. The fraction of sp³-hybridized carbons (Fsp3) is 1.00. The van der Waals surface area contributed by atoms with Crippen LogP contribution in [0.15, 0.2) is 0 Å². The SMILES string of the molecule is C.C.CC1CCN(C)CC1.CC1CCNCC1.CN1CCCCCC1.CN1CCN2CCCC2C1.CN1CCN2CCCCC2C1.CN1CCOCC1. The first-order valence-electron chi connectivity index (χ1n) is 21.9. The van der Waals surface area contributed by atoms with Crippen molar-refractivity contribution in [3.05, 3.63) is 0 Å². The number of likely N-dealkylation sites (tertiary alicyclic amines) is 2. The summed E-state index contributed by atoms with van der Waals surface area (Å²) in [5.74, 6) is 1.95. The third kappa shape index (κ3) is 23.5. The van der Waals surface area contributed by atoms with Gasteiger partial charge < -0.3 is 34.6 Å². The predicted octanol–water partition coefficient (Wildman–Crippen LogP) is 6.25. The van der Waals surface area contributed by atoms with Crippen molar-refractivity contribution in [2.24, 2.45) is 11.8 Å². The topological polar surface area (TPSA) is 43.9 Å². The van der Waals surface area contributed by atoms with E-state index >= 15 is 0 Å². The standard InChI is InChI=1S/C9H18N2.C8H16N2.2C7H15N.C6H13N.C5H11NO.2CH4/c1-10-6-7-11-5-3-2-4-9(11)8-10;1-9-5-6-10-4-2-3-8(10)7-9;1-7-3-5-8(2)6-4-7;1-8-6-4-2-3-5-7-8;2*1-6-2-4-7-5-3-6;;/h9H,2-8H2,1H3;8H,2-7H2,1H3;7H,3-6H2,1-2H3;2-7H2,1H3;6-7H,2-5H2,1H3;2-5H2,1H3;2*1H4. The molecule has 0 amide bonds. The third-order valence-electron chi connectivity index (χ3n) is 12.5. The van der Waals surface area contributed by atoms with E-state index in [1.54, 1.807) is 0 Å². The van der Waals surface area contributed by atoms with Crippen LogP contribution in [0, 0.1) is 11.8 Å². The summed E-state index contributed by atoms with van der Waals surface area (Å²) in [6.45, 7) is 26.9. The third-order valence-corrected chi connectivity index (χ3v) is 12.5. The number of ether oxygens (including phenoxy) is 1. The lowest BCUT2D eigenvalue weighted by molar-refractivity contribution is 0.0503. The van der Waals surface area contributed by atoms with Crippen LogP contribution in [0.5, 0.6) is 0 Å². The summed E-state index contributed by atoms with van der Waals surface area (Å²) >= 11 is 0. The van der Waals surface area contributed by atoms with E-state index in [-0.39, 0.29) is 14.9 Å². The molecule has 9 nitrogen and oxygen atoms in total. The van der Waals surface area contributed by atoms with E-state index in [2.05, 4.69) is 88.7 Å². The summed E-state index contributed by atoms with van der Waals surface area (Å²) in [6.07, 6.45) is 18.5. The van der Waals surface area contributed by atoms with E-state index in [9.17, 15) is 0 Å². The maximum atomic E-state index is 5.10. The van der Waals surface area contributed by atoms with Crippen LogP contribution >= 0.6 is 0 Å². The van der Waals surface area contributed by atoms with E-state index in [1.165, 1.54) is 175 Å². The van der Waals surface area contributed by atoms with Gasteiger partial charge in [-0.2, -0.15) is 0 Å². The number of rotatable bonds is 0. The van der Waals surface area contributed by atoms with E-state index in [1.807, 2.05) is 0 Å². The predicted molar refractivity (Wildman–Crippen MR) is 234 cm³/mol. The number of piperidine rings is 3. The fourth-order valence-electron chi connectivity index (χ4n) is 8.45. The summed E-state index contributed by atoms with van der Waals surface area (Å²) in [6, 6.07) is 1.79. The smallest absolute Gasteiger partial charge is 0.0594 e. The molecule has 2 atom stereocenters. The minimum atomic E-state index is 0. The maximum absolute atomic E-state index is 5.10. The van der Waals surface area contributed by atoms with Crippen LogP contribution in [-0.2, 0) is 4.74 Å². The lowest BCUT2D eigenvalue weighted by Crippen LogP contribution is -2.53. The van der Waals surface area contributed by atoms with Gasteiger partial charge in [0.2, 0.25) is 0 Å². The number of nitrogens with one attached hydrogen (secondary N) is 1. The highest BCUT2D eigenvalue weighted by Gasteiger charge is 2.29. The van der Waals surface area contributed by atoms with Crippen molar-refractivity contribution < 1.29 is 4.74 Å². The van der Waals surface area contributed by atoms with Crippen LogP contribution in [0.25, 0.3) is 0 Å². The molecular weight excluding hydrogens is 657 g/mol. The van der Waals surface area contributed by atoms with Crippen LogP contribution in [0.4, 0.5) is 0 Å². The van der Waals surface area contributed by atoms with Crippen molar-refractivity contribution in [2.45, 2.75) is 124 Å². The molecular formula is C44H96N8O. The van der Waals surface area contributed by atoms with Gasteiger partial charge in [0, 0.05) is 64.4 Å². The zero-order chi connectivity index (χ0) is 36.7. The molecule has 0 saturated carbocycles. The first-order chi connectivity index (χ1) is 24.7. The molecule has 0 aliphatic carbocycles. The first-order valence-corrected chi connectivity index (χ1v) is 21.9. The molecule has 8 aliphatic rings. The molecule has 8 rings (SSSR count). The summed E-state index contributed by atoms with van der Waals surface area (Å²) in [7, 11) is 11.0. The minimum absolute atomic E-state index is 0. The van der Waals surface area contributed by atoms with Gasteiger partial charge in [-0.25, -0.2) is 0 Å². The van der Waals surface area contributed by atoms with Crippen molar-refractivity contribution in [1.82, 2.24) is 39.6 Å². The summed E-state index contributed by atoms with van der Waals surface area (Å²) in [4.78, 5) is 17.3. The highest BCUT2D eigenvalue weighted by molar-refractivity contribution is 4.85. The van der Waals surface area contributed by atoms with Crippen LogP contribution in [0.1, 0.15) is 112 Å². The van der Waals surface area contributed by atoms with Crippen molar-refractivity contribution in [3.63, 3.8) is 0 Å². The number of hydrogen-bond acceptors (Lipinski definition) is 9. The second kappa shape index (κ2) is 30.7. The Bertz CT molecular complexity index is 783. The molecule has 8 heterocycles. The fourth-order valence-corrected chi connectivity index (χ4v) is 8.45.